The molecular weight excluding hydrogens is 352 g/mol. The number of nitro groups is 1. The zero-order valence-corrected chi connectivity index (χ0v) is 14.9. The number of benzene rings is 1. The van der Waals surface area contributed by atoms with Crippen molar-refractivity contribution in [1.82, 2.24) is 15.1 Å². The van der Waals surface area contributed by atoms with E-state index < -0.39 is 34.9 Å². The Bertz CT molecular complexity index is 794. The van der Waals surface area contributed by atoms with Crippen LogP contribution in [0.2, 0.25) is 0 Å². The van der Waals surface area contributed by atoms with Crippen LogP contribution in [0.15, 0.2) is 49.6 Å². The molecule has 1 atom stereocenters. The van der Waals surface area contributed by atoms with Gasteiger partial charge in [-0.25, -0.2) is 4.79 Å². The van der Waals surface area contributed by atoms with E-state index in [1.807, 2.05) is 0 Å². The van der Waals surface area contributed by atoms with E-state index in [0.29, 0.717) is 5.56 Å². The molecule has 1 aromatic carbocycles. The Balaban J connectivity index is 2.22. The van der Waals surface area contributed by atoms with Crippen molar-refractivity contribution in [2.24, 2.45) is 0 Å². The van der Waals surface area contributed by atoms with Crippen molar-refractivity contribution in [3.63, 3.8) is 0 Å². The molecule has 0 aromatic heterocycles. The highest BCUT2D eigenvalue weighted by Crippen LogP contribution is 2.30. The molecule has 0 spiro atoms. The number of carbonyl (C=O) groups is 3. The van der Waals surface area contributed by atoms with E-state index in [0.717, 1.165) is 4.90 Å². The fourth-order valence-corrected chi connectivity index (χ4v) is 2.78. The number of nitrogens with zero attached hydrogens (tertiary/aromatic N) is 3. The van der Waals surface area contributed by atoms with Gasteiger partial charge in [0.05, 0.1) is 4.92 Å². The largest absolute Gasteiger partial charge is 0.334 e. The van der Waals surface area contributed by atoms with Crippen molar-refractivity contribution in [2.75, 3.05) is 19.6 Å². The molecule has 1 heterocycles. The first-order valence-corrected chi connectivity index (χ1v) is 8.13. The Morgan fingerprint density at radius 2 is 1.81 bits per heavy atom. The number of urea groups is 1. The third-order valence-corrected chi connectivity index (χ3v) is 4.28. The highest BCUT2D eigenvalue weighted by molar-refractivity contribution is 6.09. The average molecular weight is 372 g/mol. The van der Waals surface area contributed by atoms with Crippen LogP contribution in [0.25, 0.3) is 0 Å². The first kappa shape index (κ1) is 19.8. The highest BCUT2D eigenvalue weighted by atomic mass is 16.6. The van der Waals surface area contributed by atoms with E-state index in [-0.39, 0.29) is 18.8 Å². The Hall–Kier alpha value is -3.49. The molecule has 142 valence electrons. The van der Waals surface area contributed by atoms with Gasteiger partial charge in [0.2, 0.25) is 5.91 Å². The molecular formula is C18H20N4O5. The van der Waals surface area contributed by atoms with E-state index in [9.17, 15) is 24.5 Å². The number of non-ortho nitro benzene ring substituents is 1. The molecule has 9 nitrogen and oxygen atoms in total. The van der Waals surface area contributed by atoms with Crippen LogP contribution in [-0.2, 0) is 15.1 Å². The summed E-state index contributed by atoms with van der Waals surface area (Å²) in [6.45, 7) is 8.73. The zero-order valence-electron chi connectivity index (χ0n) is 14.9. The number of rotatable bonds is 8. The summed E-state index contributed by atoms with van der Waals surface area (Å²) in [4.78, 5) is 50.0. The smallest absolute Gasteiger partial charge is 0.325 e. The Morgan fingerprint density at radius 3 is 2.30 bits per heavy atom. The van der Waals surface area contributed by atoms with Crippen molar-refractivity contribution >= 4 is 23.5 Å². The van der Waals surface area contributed by atoms with Crippen LogP contribution < -0.4 is 5.32 Å². The van der Waals surface area contributed by atoms with Crippen molar-refractivity contribution < 1.29 is 19.3 Å². The molecule has 1 saturated heterocycles. The van der Waals surface area contributed by atoms with E-state index in [4.69, 9.17) is 0 Å². The molecule has 1 fully saturated rings. The second-order valence-corrected chi connectivity index (χ2v) is 6.13. The quantitative estimate of drug-likeness (QED) is 0.322. The van der Waals surface area contributed by atoms with Crippen molar-refractivity contribution in [2.45, 2.75) is 12.5 Å². The minimum Gasteiger partial charge on any atom is -0.334 e. The molecule has 1 aliphatic heterocycles. The molecule has 0 aliphatic carbocycles. The zero-order chi connectivity index (χ0) is 20.2. The van der Waals surface area contributed by atoms with Gasteiger partial charge in [-0.15, -0.1) is 13.2 Å². The lowest BCUT2D eigenvalue weighted by atomic mass is 9.92. The SMILES string of the molecule is C=CCN(CC=C)C(=O)CN1C(=O)NC(C)(c2ccc([N+](=O)[O-])cc2)C1=O. The Kier molecular flexibility index (Phi) is 5.74. The van der Waals surface area contributed by atoms with E-state index in [2.05, 4.69) is 18.5 Å². The minimum atomic E-state index is -1.41. The average Bonchev–Trinajstić information content (AvgIpc) is 2.85. The molecule has 0 radical (unpaired) electrons. The third kappa shape index (κ3) is 3.86. The number of carbonyl (C=O) groups excluding carboxylic acids is 3. The minimum absolute atomic E-state index is 0.129. The van der Waals surface area contributed by atoms with Gasteiger partial charge in [-0.05, 0) is 24.6 Å². The summed E-state index contributed by atoms with van der Waals surface area (Å²) in [7, 11) is 0. The summed E-state index contributed by atoms with van der Waals surface area (Å²) in [5.74, 6) is -1.03. The monoisotopic (exact) mass is 372 g/mol. The van der Waals surface area contributed by atoms with Crippen LogP contribution in [0, 0.1) is 10.1 Å². The van der Waals surface area contributed by atoms with Crippen LogP contribution in [-0.4, -0.2) is 52.2 Å². The number of nitro benzene ring substituents is 1. The van der Waals surface area contributed by atoms with Gasteiger partial charge >= 0.3 is 6.03 Å². The van der Waals surface area contributed by atoms with Gasteiger partial charge in [0.1, 0.15) is 12.1 Å². The lowest BCUT2D eigenvalue weighted by Gasteiger charge is -2.24. The fraction of sp³-hybridized carbons (Fsp3) is 0.278. The topological polar surface area (TPSA) is 113 Å². The second kappa shape index (κ2) is 7.81. The van der Waals surface area contributed by atoms with Crippen LogP contribution in [0.5, 0.6) is 0 Å². The fourth-order valence-electron chi connectivity index (χ4n) is 2.78. The summed E-state index contributed by atoms with van der Waals surface area (Å²) in [6, 6.07) is 4.62. The molecule has 1 aliphatic rings. The molecule has 1 aromatic rings. The molecule has 2 rings (SSSR count). The van der Waals surface area contributed by atoms with Crippen LogP contribution in [0.4, 0.5) is 10.5 Å². The summed E-state index contributed by atoms with van der Waals surface area (Å²) >= 11 is 0. The maximum absolute atomic E-state index is 12.8. The van der Waals surface area contributed by atoms with Gasteiger partial charge in [-0.3, -0.25) is 24.6 Å². The maximum atomic E-state index is 12.8. The lowest BCUT2D eigenvalue weighted by Crippen LogP contribution is -2.44. The molecule has 0 saturated carbocycles. The van der Waals surface area contributed by atoms with Crippen molar-refractivity contribution in [1.29, 1.82) is 0 Å². The van der Waals surface area contributed by atoms with Gasteiger partial charge in [0, 0.05) is 25.2 Å². The van der Waals surface area contributed by atoms with Crippen molar-refractivity contribution in [3.05, 3.63) is 65.3 Å². The number of amides is 4. The van der Waals surface area contributed by atoms with Gasteiger partial charge in [-0.2, -0.15) is 0 Å². The van der Waals surface area contributed by atoms with Gasteiger partial charge in [0.15, 0.2) is 0 Å². The second-order valence-electron chi connectivity index (χ2n) is 6.13. The molecule has 1 unspecified atom stereocenters. The first-order chi connectivity index (χ1) is 12.7. The Morgan fingerprint density at radius 1 is 1.26 bits per heavy atom. The highest BCUT2D eigenvalue weighted by Gasteiger charge is 2.49. The van der Waals surface area contributed by atoms with Gasteiger partial charge < -0.3 is 10.2 Å². The van der Waals surface area contributed by atoms with Gasteiger partial charge in [0.25, 0.3) is 11.6 Å². The maximum Gasteiger partial charge on any atom is 0.325 e. The lowest BCUT2D eigenvalue weighted by molar-refractivity contribution is -0.384. The number of imide groups is 1. The van der Waals surface area contributed by atoms with Crippen LogP contribution in [0.3, 0.4) is 0 Å². The molecule has 4 amide bonds. The van der Waals surface area contributed by atoms with E-state index >= 15 is 0 Å². The van der Waals surface area contributed by atoms with Crippen LogP contribution >= 0.6 is 0 Å². The molecule has 1 N–H and O–H groups in total. The molecule has 0 bridgehead atoms. The van der Waals surface area contributed by atoms with Crippen molar-refractivity contribution in [3.8, 4) is 0 Å². The van der Waals surface area contributed by atoms with Gasteiger partial charge in [-0.1, -0.05) is 12.2 Å². The predicted octanol–water partition coefficient (Wildman–Crippen LogP) is 1.56. The summed E-state index contributed by atoms with van der Waals surface area (Å²) < 4.78 is 0. The first-order valence-electron chi connectivity index (χ1n) is 8.13. The normalized spacial score (nSPS) is 18.8. The summed E-state index contributed by atoms with van der Waals surface area (Å²) in [5.41, 5.74) is -1.15. The van der Waals surface area contributed by atoms with Crippen LogP contribution in [0.1, 0.15) is 12.5 Å². The molecule has 9 heteroatoms. The predicted molar refractivity (Wildman–Crippen MR) is 97.7 cm³/mol. The standard InChI is InChI=1S/C18H20N4O5/c1-4-10-20(11-5-2)15(23)12-21-16(24)18(3,19-17(21)25)13-6-8-14(9-7-13)22(26)27/h4-9H,1-2,10-12H2,3H3,(H,19,25). The number of hydrogen-bond acceptors (Lipinski definition) is 5. The Labute approximate surface area is 156 Å². The van der Waals surface area contributed by atoms with E-state index in [1.165, 1.54) is 48.2 Å². The number of nitrogens with one attached hydrogen (secondary N) is 1. The number of hydrogen-bond donors (Lipinski definition) is 1. The molecule has 27 heavy (non-hydrogen) atoms. The summed E-state index contributed by atoms with van der Waals surface area (Å²) in [5, 5.41) is 13.3. The summed E-state index contributed by atoms with van der Waals surface area (Å²) in [6.07, 6.45) is 3.07. The third-order valence-electron chi connectivity index (χ3n) is 4.28. The van der Waals surface area contributed by atoms with E-state index in [1.54, 1.807) is 0 Å².